The maximum Gasteiger partial charge on any atom is 0.132 e. The van der Waals surface area contributed by atoms with Crippen molar-refractivity contribution >= 4 is 0 Å². The number of benzene rings is 3. The van der Waals surface area contributed by atoms with Gasteiger partial charge in [0.15, 0.2) is 0 Å². The Hall–Kier alpha value is -2.85. The minimum absolute atomic E-state index is 0.239. The van der Waals surface area contributed by atoms with Crippen LogP contribution < -0.4 is 0 Å². The van der Waals surface area contributed by atoms with E-state index < -0.39 is 0 Å². The Bertz CT molecular complexity index is 927. The molecule has 0 fully saturated rings. The van der Waals surface area contributed by atoms with Gasteiger partial charge in [-0.15, -0.1) is 0 Å². The number of rotatable bonds is 7. The van der Waals surface area contributed by atoms with Gasteiger partial charge >= 0.3 is 0 Å². The van der Waals surface area contributed by atoms with E-state index in [9.17, 15) is 4.39 Å². The molecule has 0 bridgehead atoms. The molecule has 0 N–H and O–H groups in total. The first kappa shape index (κ1) is 19.9. The lowest BCUT2D eigenvalue weighted by Gasteiger charge is -2.03. The molecule has 0 nitrogen and oxygen atoms in total. The van der Waals surface area contributed by atoms with Crippen molar-refractivity contribution in [3.63, 3.8) is 0 Å². The van der Waals surface area contributed by atoms with Gasteiger partial charge in [-0.2, -0.15) is 0 Å². The predicted octanol–water partition coefficient (Wildman–Crippen LogP) is 7.41. The molecule has 0 aromatic heterocycles. The second-order valence-corrected chi connectivity index (χ2v) is 7.17. The summed E-state index contributed by atoms with van der Waals surface area (Å²) in [4.78, 5) is 0. The zero-order valence-electron chi connectivity index (χ0n) is 16.5. The van der Waals surface area contributed by atoms with Crippen LogP contribution in [-0.2, 0) is 6.42 Å². The summed E-state index contributed by atoms with van der Waals surface area (Å²) in [5, 5.41) is 0. The van der Waals surface area contributed by atoms with Crippen LogP contribution in [0.15, 0.2) is 72.8 Å². The largest absolute Gasteiger partial charge is 0.206 e. The summed E-state index contributed by atoms with van der Waals surface area (Å²) in [6.45, 7) is 2.24. The molecular weight excluding hydrogens is 343 g/mol. The molecular formula is C27H27F. The molecule has 1 heteroatoms. The Kier molecular flexibility index (Phi) is 7.44. The molecule has 0 unspecified atom stereocenters. The summed E-state index contributed by atoms with van der Waals surface area (Å²) in [5.74, 6) is 5.98. The molecule has 3 aromatic rings. The van der Waals surface area contributed by atoms with E-state index in [1.165, 1.54) is 43.7 Å². The molecule has 0 aliphatic rings. The van der Waals surface area contributed by atoms with E-state index in [4.69, 9.17) is 0 Å². The van der Waals surface area contributed by atoms with Crippen LogP contribution in [0.1, 0.15) is 55.7 Å². The quantitative estimate of drug-likeness (QED) is 0.300. The van der Waals surface area contributed by atoms with Gasteiger partial charge in [0.2, 0.25) is 0 Å². The second kappa shape index (κ2) is 10.5. The summed E-state index contributed by atoms with van der Waals surface area (Å²) in [6, 6.07) is 23.2. The van der Waals surface area contributed by atoms with Crippen molar-refractivity contribution < 1.29 is 4.39 Å². The van der Waals surface area contributed by atoms with Crippen LogP contribution in [0.4, 0.5) is 4.39 Å². The van der Waals surface area contributed by atoms with Crippen LogP contribution >= 0.6 is 0 Å². The molecule has 0 saturated heterocycles. The Morgan fingerprint density at radius 2 is 1.39 bits per heavy atom. The Morgan fingerprint density at radius 1 is 0.714 bits per heavy atom. The van der Waals surface area contributed by atoms with E-state index in [0.29, 0.717) is 11.1 Å². The molecule has 0 radical (unpaired) electrons. The lowest BCUT2D eigenvalue weighted by atomic mass is 10.0. The third-order valence-corrected chi connectivity index (χ3v) is 4.93. The van der Waals surface area contributed by atoms with Crippen LogP contribution in [0.5, 0.6) is 0 Å². The van der Waals surface area contributed by atoms with Crippen LogP contribution in [0, 0.1) is 17.7 Å². The molecule has 0 saturated carbocycles. The third-order valence-electron chi connectivity index (χ3n) is 4.93. The third kappa shape index (κ3) is 5.83. The summed E-state index contributed by atoms with van der Waals surface area (Å²) in [5.41, 5.74) is 4.50. The maximum absolute atomic E-state index is 14.4. The maximum atomic E-state index is 14.4. The fourth-order valence-electron chi connectivity index (χ4n) is 3.28. The van der Waals surface area contributed by atoms with Gasteiger partial charge in [-0.05, 0) is 48.2 Å². The van der Waals surface area contributed by atoms with E-state index in [1.54, 1.807) is 6.07 Å². The average Bonchev–Trinajstić information content (AvgIpc) is 2.74. The molecule has 0 spiro atoms. The molecule has 28 heavy (non-hydrogen) atoms. The molecule has 0 aliphatic heterocycles. The summed E-state index contributed by atoms with van der Waals surface area (Å²) in [7, 11) is 0. The zero-order chi connectivity index (χ0) is 19.6. The highest BCUT2D eigenvalue weighted by molar-refractivity contribution is 5.65. The minimum atomic E-state index is -0.239. The van der Waals surface area contributed by atoms with E-state index in [2.05, 4.69) is 43.0 Å². The van der Waals surface area contributed by atoms with Crippen LogP contribution in [0.2, 0.25) is 0 Å². The molecule has 0 atom stereocenters. The Labute approximate surface area is 168 Å². The molecule has 0 amide bonds. The normalized spacial score (nSPS) is 10.4. The Balaban J connectivity index is 1.61. The highest BCUT2D eigenvalue weighted by Gasteiger charge is 2.04. The van der Waals surface area contributed by atoms with Gasteiger partial charge in [0, 0.05) is 16.7 Å². The number of hydrogen-bond acceptors (Lipinski definition) is 0. The molecule has 3 rings (SSSR count). The lowest BCUT2D eigenvalue weighted by molar-refractivity contribution is 0.631. The smallest absolute Gasteiger partial charge is 0.132 e. The van der Waals surface area contributed by atoms with Crippen molar-refractivity contribution in [1.82, 2.24) is 0 Å². The first-order chi connectivity index (χ1) is 13.8. The van der Waals surface area contributed by atoms with Gasteiger partial charge in [0.05, 0.1) is 0 Å². The summed E-state index contributed by atoms with van der Waals surface area (Å²) < 4.78 is 14.4. The van der Waals surface area contributed by atoms with Crippen molar-refractivity contribution in [1.29, 1.82) is 0 Å². The molecule has 3 aromatic carbocycles. The first-order valence-electron chi connectivity index (χ1n) is 10.2. The second-order valence-electron chi connectivity index (χ2n) is 7.17. The highest BCUT2D eigenvalue weighted by atomic mass is 19.1. The first-order valence-corrected chi connectivity index (χ1v) is 10.2. The van der Waals surface area contributed by atoms with E-state index in [0.717, 1.165) is 17.5 Å². The van der Waals surface area contributed by atoms with Crippen molar-refractivity contribution in [3.8, 4) is 23.0 Å². The van der Waals surface area contributed by atoms with Gasteiger partial charge in [-0.3, -0.25) is 0 Å². The zero-order valence-corrected chi connectivity index (χ0v) is 16.5. The molecule has 0 aliphatic carbocycles. The van der Waals surface area contributed by atoms with E-state index >= 15 is 0 Å². The van der Waals surface area contributed by atoms with E-state index in [1.807, 2.05) is 36.4 Å². The van der Waals surface area contributed by atoms with Crippen molar-refractivity contribution in [3.05, 3.63) is 95.3 Å². The van der Waals surface area contributed by atoms with Crippen molar-refractivity contribution in [2.45, 2.75) is 45.4 Å². The van der Waals surface area contributed by atoms with Crippen LogP contribution in [-0.4, -0.2) is 0 Å². The number of aryl methyl sites for hydroxylation is 1. The van der Waals surface area contributed by atoms with Gasteiger partial charge in [0.1, 0.15) is 5.82 Å². The minimum Gasteiger partial charge on any atom is -0.206 e. The van der Waals surface area contributed by atoms with Gasteiger partial charge in [-0.1, -0.05) is 93.0 Å². The fourth-order valence-corrected chi connectivity index (χ4v) is 3.28. The topological polar surface area (TPSA) is 0 Å². The van der Waals surface area contributed by atoms with Gasteiger partial charge in [-0.25, -0.2) is 4.39 Å². The SMILES string of the molecule is CCCCCCCc1ccc(C#Cc2ccc(-c3ccccc3)c(F)c2)cc1. The summed E-state index contributed by atoms with van der Waals surface area (Å²) >= 11 is 0. The average molecular weight is 371 g/mol. The monoisotopic (exact) mass is 370 g/mol. The molecule has 142 valence electrons. The highest BCUT2D eigenvalue weighted by Crippen LogP contribution is 2.23. The standard InChI is InChI=1S/C27H27F/c1-2-3-4-5-7-10-22-13-15-23(16-14-22)17-18-24-19-20-26(27(28)21-24)25-11-8-6-9-12-25/h6,8-9,11-16,19-21H,2-5,7,10H2,1H3. The number of hydrogen-bond donors (Lipinski definition) is 0. The van der Waals surface area contributed by atoms with Crippen LogP contribution in [0.3, 0.4) is 0 Å². The lowest BCUT2D eigenvalue weighted by Crippen LogP contribution is -1.87. The van der Waals surface area contributed by atoms with Gasteiger partial charge in [0.25, 0.3) is 0 Å². The van der Waals surface area contributed by atoms with Crippen molar-refractivity contribution in [2.75, 3.05) is 0 Å². The van der Waals surface area contributed by atoms with E-state index in [-0.39, 0.29) is 5.82 Å². The predicted molar refractivity (Wildman–Crippen MR) is 117 cm³/mol. The van der Waals surface area contributed by atoms with Gasteiger partial charge < -0.3 is 0 Å². The number of unbranched alkanes of at least 4 members (excludes halogenated alkanes) is 4. The summed E-state index contributed by atoms with van der Waals surface area (Å²) in [6.07, 6.45) is 7.63. The Morgan fingerprint density at radius 3 is 2.11 bits per heavy atom. The number of halogens is 1. The fraction of sp³-hybridized carbons (Fsp3) is 0.259. The molecule has 0 heterocycles. The van der Waals surface area contributed by atoms with Crippen LogP contribution in [0.25, 0.3) is 11.1 Å². The van der Waals surface area contributed by atoms with Crippen molar-refractivity contribution in [2.24, 2.45) is 0 Å².